The number of nitrogens with one attached hydrogen (secondary N) is 1. The Labute approximate surface area is 146 Å². The van der Waals surface area contributed by atoms with E-state index < -0.39 is 0 Å². The molecule has 1 N–H and O–H groups in total. The van der Waals surface area contributed by atoms with E-state index in [9.17, 15) is 4.79 Å². The van der Waals surface area contributed by atoms with Crippen molar-refractivity contribution in [3.8, 4) is 0 Å². The van der Waals surface area contributed by atoms with Crippen molar-refractivity contribution in [1.82, 2.24) is 0 Å². The normalized spacial score (nSPS) is 15.3. The summed E-state index contributed by atoms with van der Waals surface area (Å²) in [5.74, 6) is 0.436. The van der Waals surface area contributed by atoms with E-state index in [1.807, 2.05) is 18.2 Å². The Bertz CT molecular complexity index is 776. The van der Waals surface area contributed by atoms with Crippen LogP contribution in [0.3, 0.4) is 0 Å². The lowest BCUT2D eigenvalue weighted by molar-refractivity contribution is -0.110. The molecule has 0 saturated heterocycles. The SMILES string of the molecule is CC(C)c1ccc(C=C2C(=O)Nc3c(Br)cc(Br)cc32)cc1. The number of anilines is 1. The van der Waals surface area contributed by atoms with E-state index in [1.165, 1.54) is 5.56 Å². The number of hydrogen-bond donors (Lipinski definition) is 1. The predicted molar refractivity (Wildman–Crippen MR) is 98.9 cm³/mol. The summed E-state index contributed by atoms with van der Waals surface area (Å²) in [5.41, 5.74) is 4.76. The van der Waals surface area contributed by atoms with Gasteiger partial charge < -0.3 is 5.32 Å². The quantitative estimate of drug-likeness (QED) is 0.608. The van der Waals surface area contributed by atoms with Crippen molar-refractivity contribution in [2.75, 3.05) is 5.32 Å². The number of rotatable bonds is 2. The lowest BCUT2D eigenvalue weighted by atomic mass is 9.99. The highest BCUT2D eigenvalue weighted by Gasteiger charge is 2.26. The molecule has 0 aromatic heterocycles. The van der Waals surface area contributed by atoms with Gasteiger partial charge in [-0.2, -0.15) is 0 Å². The van der Waals surface area contributed by atoms with Gasteiger partial charge >= 0.3 is 0 Å². The summed E-state index contributed by atoms with van der Waals surface area (Å²) >= 11 is 6.97. The number of halogens is 2. The van der Waals surface area contributed by atoms with E-state index in [4.69, 9.17) is 0 Å². The Balaban J connectivity index is 2.04. The fraction of sp³-hybridized carbons (Fsp3) is 0.167. The zero-order chi connectivity index (χ0) is 15.9. The number of hydrogen-bond acceptors (Lipinski definition) is 1. The molecule has 0 saturated carbocycles. The minimum atomic E-state index is -0.0678. The van der Waals surface area contributed by atoms with Gasteiger partial charge in [0.05, 0.1) is 5.69 Å². The van der Waals surface area contributed by atoms with Gasteiger partial charge in [0, 0.05) is 20.1 Å². The van der Waals surface area contributed by atoms with Crippen LogP contribution in [0.4, 0.5) is 5.69 Å². The summed E-state index contributed by atoms with van der Waals surface area (Å²) in [4.78, 5) is 12.3. The average Bonchev–Trinajstić information content (AvgIpc) is 2.77. The van der Waals surface area contributed by atoms with Gasteiger partial charge in [0.1, 0.15) is 0 Å². The standard InChI is InChI=1S/C18H15Br2NO/c1-10(2)12-5-3-11(4-6-12)7-15-14-8-13(19)9-16(20)17(14)21-18(15)22/h3-10H,1-2H3,(H,21,22). The molecule has 0 radical (unpaired) electrons. The van der Waals surface area contributed by atoms with Gasteiger partial charge in [0.15, 0.2) is 0 Å². The highest BCUT2D eigenvalue weighted by Crippen LogP contribution is 2.40. The van der Waals surface area contributed by atoms with Crippen molar-refractivity contribution in [2.45, 2.75) is 19.8 Å². The molecule has 1 heterocycles. The highest BCUT2D eigenvalue weighted by atomic mass is 79.9. The van der Waals surface area contributed by atoms with Crippen LogP contribution in [-0.4, -0.2) is 5.91 Å². The first-order chi connectivity index (χ1) is 10.5. The van der Waals surface area contributed by atoms with Crippen LogP contribution in [0.2, 0.25) is 0 Å². The Morgan fingerprint density at radius 3 is 2.41 bits per heavy atom. The molecule has 22 heavy (non-hydrogen) atoms. The number of carbonyl (C=O) groups excluding carboxylic acids is 1. The first-order valence-electron chi connectivity index (χ1n) is 7.08. The van der Waals surface area contributed by atoms with E-state index in [0.717, 1.165) is 25.8 Å². The molecular weight excluding hydrogens is 406 g/mol. The lowest BCUT2D eigenvalue weighted by Crippen LogP contribution is -2.03. The van der Waals surface area contributed by atoms with Gasteiger partial charge in [-0.15, -0.1) is 0 Å². The van der Waals surface area contributed by atoms with Crippen LogP contribution in [0.1, 0.15) is 36.5 Å². The zero-order valence-electron chi connectivity index (χ0n) is 12.3. The molecule has 0 unspecified atom stereocenters. The highest BCUT2D eigenvalue weighted by molar-refractivity contribution is 9.11. The Morgan fingerprint density at radius 1 is 1.09 bits per heavy atom. The zero-order valence-corrected chi connectivity index (χ0v) is 15.5. The van der Waals surface area contributed by atoms with Gasteiger partial charge in [-0.1, -0.05) is 54.0 Å². The molecule has 1 amide bonds. The van der Waals surface area contributed by atoms with Crippen molar-refractivity contribution >= 4 is 55.1 Å². The molecule has 0 atom stereocenters. The molecule has 2 nitrogen and oxygen atoms in total. The predicted octanol–water partition coefficient (Wildman–Crippen LogP) is 5.83. The van der Waals surface area contributed by atoms with E-state index in [-0.39, 0.29) is 5.91 Å². The van der Waals surface area contributed by atoms with Crippen molar-refractivity contribution in [3.63, 3.8) is 0 Å². The second-order valence-corrected chi connectivity index (χ2v) is 7.41. The van der Waals surface area contributed by atoms with Crippen LogP contribution < -0.4 is 5.32 Å². The van der Waals surface area contributed by atoms with Gasteiger partial charge in [0.2, 0.25) is 0 Å². The molecule has 1 aliphatic rings. The third-order valence-corrected chi connectivity index (χ3v) is 4.83. The van der Waals surface area contributed by atoms with Crippen LogP contribution in [0, 0.1) is 0 Å². The van der Waals surface area contributed by atoms with E-state index in [2.05, 4.69) is 75.3 Å². The molecule has 0 fully saturated rings. The monoisotopic (exact) mass is 419 g/mol. The summed E-state index contributed by atoms with van der Waals surface area (Å²) in [6.45, 7) is 4.34. The Hall–Kier alpha value is -1.39. The second-order valence-electron chi connectivity index (χ2n) is 5.64. The lowest BCUT2D eigenvalue weighted by Gasteiger charge is -2.05. The van der Waals surface area contributed by atoms with E-state index >= 15 is 0 Å². The minimum Gasteiger partial charge on any atom is -0.320 e. The maximum Gasteiger partial charge on any atom is 0.256 e. The minimum absolute atomic E-state index is 0.0678. The number of fused-ring (bicyclic) bond motifs is 1. The fourth-order valence-electron chi connectivity index (χ4n) is 2.50. The third-order valence-electron chi connectivity index (χ3n) is 3.74. The van der Waals surface area contributed by atoms with E-state index in [0.29, 0.717) is 11.5 Å². The van der Waals surface area contributed by atoms with Crippen LogP contribution in [0.5, 0.6) is 0 Å². The van der Waals surface area contributed by atoms with Crippen molar-refractivity contribution in [2.24, 2.45) is 0 Å². The third kappa shape index (κ3) is 2.90. The van der Waals surface area contributed by atoms with Crippen molar-refractivity contribution in [1.29, 1.82) is 0 Å². The van der Waals surface area contributed by atoms with Crippen molar-refractivity contribution < 1.29 is 4.79 Å². The molecule has 0 spiro atoms. The molecule has 4 heteroatoms. The maximum atomic E-state index is 12.3. The topological polar surface area (TPSA) is 29.1 Å². The summed E-state index contributed by atoms with van der Waals surface area (Å²) in [6, 6.07) is 12.2. The van der Waals surface area contributed by atoms with Gasteiger partial charge in [-0.05, 0) is 51.2 Å². The molecule has 112 valence electrons. The molecule has 1 aliphatic heterocycles. The summed E-state index contributed by atoms with van der Waals surface area (Å²) in [5, 5.41) is 2.92. The smallest absolute Gasteiger partial charge is 0.256 e. The molecule has 0 aliphatic carbocycles. The number of benzene rings is 2. The van der Waals surface area contributed by atoms with Crippen LogP contribution >= 0.6 is 31.9 Å². The summed E-state index contributed by atoms with van der Waals surface area (Å²) < 4.78 is 1.82. The maximum absolute atomic E-state index is 12.3. The fourth-order valence-corrected chi connectivity index (χ4v) is 3.83. The second kappa shape index (κ2) is 6.01. The number of amides is 1. The Kier molecular flexibility index (Phi) is 4.24. The summed E-state index contributed by atoms with van der Waals surface area (Å²) in [7, 11) is 0. The van der Waals surface area contributed by atoms with Crippen molar-refractivity contribution in [3.05, 3.63) is 62.0 Å². The molecule has 2 aromatic rings. The van der Waals surface area contributed by atoms with Gasteiger partial charge in [0.25, 0.3) is 5.91 Å². The van der Waals surface area contributed by atoms with Crippen LogP contribution in [0.15, 0.2) is 45.3 Å². The van der Waals surface area contributed by atoms with E-state index in [1.54, 1.807) is 0 Å². The average molecular weight is 421 g/mol. The van der Waals surface area contributed by atoms with Gasteiger partial charge in [-0.3, -0.25) is 4.79 Å². The molecule has 0 bridgehead atoms. The van der Waals surface area contributed by atoms with Gasteiger partial charge in [-0.25, -0.2) is 0 Å². The molecule has 3 rings (SSSR count). The Morgan fingerprint density at radius 2 is 1.77 bits per heavy atom. The first kappa shape index (κ1) is 15.5. The largest absolute Gasteiger partial charge is 0.320 e. The summed E-state index contributed by atoms with van der Waals surface area (Å²) in [6.07, 6.45) is 1.93. The van der Waals surface area contributed by atoms with Crippen LogP contribution in [0.25, 0.3) is 11.6 Å². The first-order valence-corrected chi connectivity index (χ1v) is 8.66. The number of carbonyl (C=O) groups is 1. The molecular formula is C18H15Br2NO. The molecule has 2 aromatic carbocycles. The van der Waals surface area contributed by atoms with Crippen LogP contribution in [-0.2, 0) is 4.79 Å².